The van der Waals surface area contributed by atoms with Crippen LogP contribution in [0.1, 0.15) is 10.5 Å². The standard InChI is InChI=1S/C13H15N3O2/c1-16(11-5-3-2-4-6-11)9-10-18-13(17)12-7-8-14-15-12/h2-8H,9-10H2,1H3,(H,14,15). The van der Waals surface area contributed by atoms with E-state index in [9.17, 15) is 4.79 Å². The minimum atomic E-state index is -0.381. The number of benzene rings is 1. The Kier molecular flexibility index (Phi) is 3.96. The zero-order valence-electron chi connectivity index (χ0n) is 10.2. The summed E-state index contributed by atoms with van der Waals surface area (Å²) < 4.78 is 5.13. The van der Waals surface area contributed by atoms with Gasteiger partial charge in [0.2, 0.25) is 0 Å². The molecule has 0 radical (unpaired) electrons. The van der Waals surface area contributed by atoms with E-state index in [1.54, 1.807) is 6.07 Å². The Labute approximate surface area is 105 Å². The average molecular weight is 245 g/mol. The molecule has 1 heterocycles. The topological polar surface area (TPSA) is 58.2 Å². The van der Waals surface area contributed by atoms with Gasteiger partial charge in [0.25, 0.3) is 0 Å². The molecule has 0 bridgehead atoms. The van der Waals surface area contributed by atoms with Gasteiger partial charge < -0.3 is 9.64 Å². The highest BCUT2D eigenvalue weighted by Gasteiger charge is 2.08. The van der Waals surface area contributed by atoms with Crippen molar-refractivity contribution in [1.29, 1.82) is 0 Å². The van der Waals surface area contributed by atoms with Gasteiger partial charge in [-0.2, -0.15) is 5.10 Å². The molecular weight excluding hydrogens is 230 g/mol. The number of para-hydroxylation sites is 1. The number of rotatable bonds is 5. The molecule has 2 rings (SSSR count). The van der Waals surface area contributed by atoms with Crippen molar-refractivity contribution >= 4 is 11.7 Å². The summed E-state index contributed by atoms with van der Waals surface area (Å²) in [4.78, 5) is 13.5. The van der Waals surface area contributed by atoms with Crippen molar-refractivity contribution in [1.82, 2.24) is 10.2 Å². The Morgan fingerprint density at radius 3 is 2.78 bits per heavy atom. The number of likely N-dealkylation sites (N-methyl/N-ethyl adjacent to an activating group) is 1. The Hall–Kier alpha value is -2.30. The molecule has 18 heavy (non-hydrogen) atoms. The lowest BCUT2D eigenvalue weighted by molar-refractivity contribution is 0.0509. The summed E-state index contributed by atoms with van der Waals surface area (Å²) in [5.41, 5.74) is 1.47. The highest BCUT2D eigenvalue weighted by molar-refractivity contribution is 5.86. The molecular formula is C13H15N3O2. The van der Waals surface area contributed by atoms with Crippen LogP contribution in [0.15, 0.2) is 42.6 Å². The van der Waals surface area contributed by atoms with E-state index < -0.39 is 0 Å². The normalized spacial score (nSPS) is 10.1. The lowest BCUT2D eigenvalue weighted by Crippen LogP contribution is -2.23. The number of carbonyl (C=O) groups is 1. The van der Waals surface area contributed by atoms with Gasteiger partial charge in [0.1, 0.15) is 12.3 Å². The highest BCUT2D eigenvalue weighted by Crippen LogP contribution is 2.10. The number of aromatic amines is 1. The van der Waals surface area contributed by atoms with E-state index in [0.29, 0.717) is 18.8 Å². The quantitative estimate of drug-likeness (QED) is 0.815. The molecule has 0 unspecified atom stereocenters. The zero-order valence-corrected chi connectivity index (χ0v) is 10.2. The maximum absolute atomic E-state index is 11.5. The molecule has 0 saturated heterocycles. The van der Waals surface area contributed by atoms with E-state index in [1.165, 1.54) is 6.20 Å². The van der Waals surface area contributed by atoms with Gasteiger partial charge >= 0.3 is 5.97 Å². The van der Waals surface area contributed by atoms with Gasteiger partial charge in [0.15, 0.2) is 0 Å². The van der Waals surface area contributed by atoms with E-state index in [4.69, 9.17) is 4.74 Å². The molecule has 1 aromatic heterocycles. The number of anilines is 1. The molecule has 0 amide bonds. The van der Waals surface area contributed by atoms with Crippen molar-refractivity contribution in [3.05, 3.63) is 48.3 Å². The molecule has 5 heteroatoms. The monoisotopic (exact) mass is 245 g/mol. The predicted molar refractivity (Wildman–Crippen MR) is 68.6 cm³/mol. The van der Waals surface area contributed by atoms with E-state index in [0.717, 1.165) is 5.69 Å². The van der Waals surface area contributed by atoms with Gasteiger partial charge in [-0.25, -0.2) is 4.79 Å². The van der Waals surface area contributed by atoms with Crippen LogP contribution >= 0.6 is 0 Å². The van der Waals surface area contributed by atoms with Crippen LogP contribution in [0.25, 0.3) is 0 Å². The zero-order chi connectivity index (χ0) is 12.8. The fourth-order valence-corrected chi connectivity index (χ4v) is 1.53. The minimum absolute atomic E-state index is 0.337. The van der Waals surface area contributed by atoms with Crippen LogP contribution in [0.4, 0.5) is 5.69 Å². The van der Waals surface area contributed by atoms with Crippen molar-refractivity contribution in [2.45, 2.75) is 0 Å². The van der Waals surface area contributed by atoms with Crippen LogP contribution in [0.3, 0.4) is 0 Å². The summed E-state index contributed by atoms with van der Waals surface area (Å²) in [5, 5.41) is 6.27. The largest absolute Gasteiger partial charge is 0.459 e. The Morgan fingerprint density at radius 1 is 1.33 bits per heavy atom. The molecule has 2 aromatic rings. The van der Waals surface area contributed by atoms with Crippen LogP contribution < -0.4 is 4.90 Å². The van der Waals surface area contributed by atoms with E-state index in [1.807, 2.05) is 42.3 Å². The van der Waals surface area contributed by atoms with Gasteiger partial charge in [-0.15, -0.1) is 0 Å². The van der Waals surface area contributed by atoms with Crippen molar-refractivity contribution in [3.63, 3.8) is 0 Å². The van der Waals surface area contributed by atoms with E-state index >= 15 is 0 Å². The number of esters is 1. The molecule has 1 aromatic carbocycles. The van der Waals surface area contributed by atoms with Gasteiger partial charge in [-0.05, 0) is 18.2 Å². The fraction of sp³-hybridized carbons (Fsp3) is 0.231. The number of H-pyrrole nitrogens is 1. The van der Waals surface area contributed by atoms with Crippen molar-refractivity contribution in [2.75, 3.05) is 25.1 Å². The summed E-state index contributed by atoms with van der Waals surface area (Å²) in [6, 6.07) is 11.5. The fourth-order valence-electron chi connectivity index (χ4n) is 1.53. The maximum atomic E-state index is 11.5. The third kappa shape index (κ3) is 3.10. The lowest BCUT2D eigenvalue weighted by atomic mass is 10.3. The van der Waals surface area contributed by atoms with Crippen molar-refractivity contribution < 1.29 is 9.53 Å². The highest BCUT2D eigenvalue weighted by atomic mass is 16.5. The van der Waals surface area contributed by atoms with Crippen LogP contribution in [0.2, 0.25) is 0 Å². The molecule has 5 nitrogen and oxygen atoms in total. The SMILES string of the molecule is CN(CCOC(=O)c1ccn[nH]1)c1ccccc1. The molecule has 0 aliphatic heterocycles. The molecule has 0 atom stereocenters. The van der Waals surface area contributed by atoms with Crippen LogP contribution in [-0.2, 0) is 4.74 Å². The molecule has 94 valence electrons. The number of nitrogens with one attached hydrogen (secondary N) is 1. The minimum Gasteiger partial charge on any atom is -0.459 e. The summed E-state index contributed by atoms with van der Waals surface area (Å²) in [7, 11) is 1.96. The number of hydrogen-bond donors (Lipinski definition) is 1. The van der Waals surface area contributed by atoms with Crippen LogP contribution in [0, 0.1) is 0 Å². The van der Waals surface area contributed by atoms with Gasteiger partial charge in [-0.1, -0.05) is 18.2 Å². The Morgan fingerprint density at radius 2 is 2.11 bits per heavy atom. The molecule has 0 spiro atoms. The lowest BCUT2D eigenvalue weighted by Gasteiger charge is -2.18. The number of carbonyl (C=O) groups excluding carboxylic acids is 1. The molecule has 0 fully saturated rings. The van der Waals surface area contributed by atoms with Gasteiger partial charge in [0.05, 0.1) is 6.54 Å². The first kappa shape index (κ1) is 12.2. The van der Waals surface area contributed by atoms with Crippen LogP contribution in [0.5, 0.6) is 0 Å². The second kappa shape index (κ2) is 5.86. The predicted octanol–water partition coefficient (Wildman–Crippen LogP) is 1.70. The Balaban J connectivity index is 1.77. The molecule has 0 aliphatic rings. The molecule has 0 aliphatic carbocycles. The van der Waals surface area contributed by atoms with Crippen molar-refractivity contribution in [3.8, 4) is 0 Å². The summed E-state index contributed by atoms with van der Waals surface area (Å²) >= 11 is 0. The summed E-state index contributed by atoms with van der Waals surface area (Å²) in [6.07, 6.45) is 1.52. The first-order valence-corrected chi connectivity index (χ1v) is 5.70. The average Bonchev–Trinajstić information content (AvgIpc) is 2.93. The second-order valence-corrected chi connectivity index (χ2v) is 3.86. The Bertz CT molecular complexity index is 482. The smallest absolute Gasteiger partial charge is 0.356 e. The third-order valence-corrected chi connectivity index (χ3v) is 2.58. The first-order chi connectivity index (χ1) is 8.77. The van der Waals surface area contributed by atoms with Crippen LogP contribution in [-0.4, -0.2) is 36.4 Å². The first-order valence-electron chi connectivity index (χ1n) is 5.70. The number of ether oxygens (including phenoxy) is 1. The van der Waals surface area contributed by atoms with E-state index in [2.05, 4.69) is 10.2 Å². The summed E-state index contributed by atoms with van der Waals surface area (Å²) in [5.74, 6) is -0.381. The molecule has 0 saturated carbocycles. The van der Waals surface area contributed by atoms with E-state index in [-0.39, 0.29) is 5.97 Å². The number of nitrogens with zero attached hydrogens (tertiary/aromatic N) is 2. The maximum Gasteiger partial charge on any atom is 0.356 e. The second-order valence-electron chi connectivity index (χ2n) is 3.86. The molecule has 1 N–H and O–H groups in total. The third-order valence-electron chi connectivity index (χ3n) is 2.58. The van der Waals surface area contributed by atoms with Gasteiger partial charge in [-0.3, -0.25) is 5.10 Å². The van der Waals surface area contributed by atoms with Gasteiger partial charge in [0, 0.05) is 18.9 Å². The number of aromatic nitrogens is 2. The number of hydrogen-bond acceptors (Lipinski definition) is 4. The van der Waals surface area contributed by atoms with Crippen molar-refractivity contribution in [2.24, 2.45) is 0 Å². The summed E-state index contributed by atoms with van der Waals surface area (Å²) in [6.45, 7) is 0.979.